The van der Waals surface area contributed by atoms with E-state index < -0.39 is 51.1 Å². The van der Waals surface area contributed by atoms with E-state index in [1.807, 2.05) is 0 Å². The van der Waals surface area contributed by atoms with Crippen LogP contribution in [0.25, 0.3) is 0 Å². The van der Waals surface area contributed by atoms with Crippen LogP contribution in [0.3, 0.4) is 0 Å². The predicted octanol–water partition coefficient (Wildman–Crippen LogP) is -2.32. The fourth-order valence-corrected chi connectivity index (χ4v) is 4.65. The van der Waals surface area contributed by atoms with Crippen LogP contribution in [0.2, 0.25) is 0 Å². The molecule has 2 heterocycles. The molecule has 1 fully saturated rings. The molecule has 138 valence electrons. The summed E-state index contributed by atoms with van der Waals surface area (Å²) in [6, 6.07) is -0.485. The number of nitrogens with zero attached hydrogens (tertiary/aromatic N) is 3. The van der Waals surface area contributed by atoms with Gasteiger partial charge in [-0.15, -0.1) is 0 Å². The van der Waals surface area contributed by atoms with E-state index in [9.17, 15) is 27.6 Å². The Kier molecular flexibility index (Phi) is 5.16. The monoisotopic (exact) mass is 372 g/mol. The molecule has 2 amide bonds. The molecule has 0 aromatic carbocycles. The van der Waals surface area contributed by atoms with Gasteiger partial charge in [0.2, 0.25) is 5.91 Å². The third-order valence-corrected chi connectivity index (χ3v) is 5.95. The van der Waals surface area contributed by atoms with Gasteiger partial charge in [0.15, 0.2) is 9.84 Å². The molecule has 1 saturated heterocycles. The third-order valence-electron chi connectivity index (χ3n) is 4.20. The second-order valence-electron chi connectivity index (χ2n) is 5.93. The zero-order chi connectivity index (χ0) is 18.9. The van der Waals surface area contributed by atoms with Gasteiger partial charge in [0.1, 0.15) is 12.1 Å². The number of amides is 2. The topological polar surface area (TPSA) is 142 Å². The van der Waals surface area contributed by atoms with Gasteiger partial charge in [-0.05, 0) is 13.3 Å². The van der Waals surface area contributed by atoms with Crippen molar-refractivity contribution >= 4 is 21.7 Å². The summed E-state index contributed by atoms with van der Waals surface area (Å²) in [5.41, 5.74) is 3.01. The number of likely N-dealkylation sites (N-methyl/N-ethyl adjacent to an activating group) is 1. The van der Waals surface area contributed by atoms with Crippen molar-refractivity contribution in [2.75, 3.05) is 18.1 Å². The zero-order valence-corrected chi connectivity index (χ0v) is 14.8. The minimum absolute atomic E-state index is 0.000319. The summed E-state index contributed by atoms with van der Waals surface area (Å²) in [6.45, 7) is 1.34. The molecular formula is C14H20N4O6S. The molecule has 0 saturated carbocycles. The summed E-state index contributed by atoms with van der Waals surface area (Å²) in [7, 11) is -1.86. The van der Waals surface area contributed by atoms with Gasteiger partial charge in [0, 0.05) is 25.8 Å². The summed E-state index contributed by atoms with van der Waals surface area (Å²) in [6.07, 6.45) is 1.34. The highest BCUT2D eigenvalue weighted by molar-refractivity contribution is 7.91. The summed E-state index contributed by atoms with van der Waals surface area (Å²) in [5.74, 6) is -1.71. The maximum Gasteiger partial charge on any atom is 0.331 e. The van der Waals surface area contributed by atoms with E-state index in [-0.39, 0.29) is 18.1 Å². The fraction of sp³-hybridized carbons (Fsp3) is 0.571. The Balaban J connectivity index is 2.35. The van der Waals surface area contributed by atoms with Crippen LogP contribution in [0.15, 0.2) is 15.8 Å². The van der Waals surface area contributed by atoms with Crippen molar-refractivity contribution in [3.05, 3.63) is 32.6 Å². The summed E-state index contributed by atoms with van der Waals surface area (Å²) < 4.78 is 24.9. The number of primary amides is 1. The van der Waals surface area contributed by atoms with Gasteiger partial charge < -0.3 is 15.2 Å². The Bertz CT molecular complexity index is 930. The minimum Gasteiger partial charge on any atom is -0.365 e. The van der Waals surface area contributed by atoms with Crippen LogP contribution < -0.4 is 17.0 Å². The van der Waals surface area contributed by atoms with E-state index in [0.29, 0.717) is 11.0 Å². The molecule has 1 aliphatic rings. The van der Waals surface area contributed by atoms with Crippen molar-refractivity contribution in [1.82, 2.24) is 14.0 Å². The highest BCUT2D eigenvalue weighted by Gasteiger charge is 2.34. The quantitative estimate of drug-likeness (QED) is 0.615. The molecule has 0 radical (unpaired) electrons. The van der Waals surface area contributed by atoms with E-state index in [0.717, 1.165) is 10.8 Å². The lowest BCUT2D eigenvalue weighted by Crippen LogP contribution is -2.48. The number of carbonyl (C=O) groups is 2. The van der Waals surface area contributed by atoms with E-state index in [1.54, 1.807) is 6.92 Å². The molecule has 1 aromatic rings. The van der Waals surface area contributed by atoms with E-state index in [4.69, 9.17) is 5.73 Å². The number of hydrogen-bond donors (Lipinski definition) is 1. The molecule has 1 atom stereocenters. The standard InChI is InChI=1S/C14H20N4O6S/c1-3-17(9-4-5-25(23,24)8-9)11(19)7-18-13(21)10(12(15)20)6-16(2)14(18)22/h6,9H,3-5,7-8H2,1-2H3,(H2,15,20)/t9-/m1/s1. The summed E-state index contributed by atoms with van der Waals surface area (Å²) in [5, 5.41) is 0. The third kappa shape index (κ3) is 3.81. The number of aromatic nitrogens is 2. The van der Waals surface area contributed by atoms with Crippen molar-refractivity contribution in [2.45, 2.75) is 25.9 Å². The van der Waals surface area contributed by atoms with Gasteiger partial charge in [0.25, 0.3) is 11.5 Å². The van der Waals surface area contributed by atoms with Crippen LogP contribution in [-0.2, 0) is 28.2 Å². The molecule has 2 rings (SSSR count). The Hall–Kier alpha value is -2.43. The number of nitrogens with two attached hydrogens (primary N) is 1. The Morgan fingerprint density at radius 1 is 1.36 bits per heavy atom. The van der Waals surface area contributed by atoms with Crippen molar-refractivity contribution in [3.8, 4) is 0 Å². The number of aryl methyl sites for hydroxylation is 1. The maximum absolute atomic E-state index is 12.5. The van der Waals surface area contributed by atoms with Crippen LogP contribution in [0, 0.1) is 0 Å². The number of carbonyl (C=O) groups excluding carboxylic acids is 2. The molecule has 1 aliphatic heterocycles. The first-order valence-electron chi connectivity index (χ1n) is 7.67. The van der Waals surface area contributed by atoms with Crippen LogP contribution in [0.5, 0.6) is 0 Å². The number of sulfone groups is 1. The minimum atomic E-state index is -3.19. The molecule has 0 spiro atoms. The molecule has 0 aliphatic carbocycles. The SMILES string of the molecule is CCN(C(=O)Cn1c(=O)c(C(N)=O)cn(C)c1=O)[C@@H]1CCS(=O)(=O)C1. The van der Waals surface area contributed by atoms with Crippen molar-refractivity contribution < 1.29 is 18.0 Å². The van der Waals surface area contributed by atoms with Crippen molar-refractivity contribution in [1.29, 1.82) is 0 Å². The van der Waals surface area contributed by atoms with Crippen LogP contribution in [0.1, 0.15) is 23.7 Å². The first kappa shape index (κ1) is 18.9. The van der Waals surface area contributed by atoms with Gasteiger partial charge >= 0.3 is 5.69 Å². The average molecular weight is 372 g/mol. The smallest absolute Gasteiger partial charge is 0.331 e. The van der Waals surface area contributed by atoms with Crippen LogP contribution >= 0.6 is 0 Å². The zero-order valence-electron chi connectivity index (χ0n) is 14.0. The lowest BCUT2D eigenvalue weighted by atomic mass is 10.2. The largest absolute Gasteiger partial charge is 0.365 e. The molecule has 25 heavy (non-hydrogen) atoms. The molecule has 0 bridgehead atoms. The normalized spacial score (nSPS) is 18.9. The van der Waals surface area contributed by atoms with Crippen LogP contribution in [-0.4, -0.2) is 58.4 Å². The van der Waals surface area contributed by atoms with E-state index in [2.05, 4.69) is 0 Å². The summed E-state index contributed by atoms with van der Waals surface area (Å²) >= 11 is 0. The van der Waals surface area contributed by atoms with E-state index in [1.165, 1.54) is 11.9 Å². The van der Waals surface area contributed by atoms with Crippen LogP contribution in [0.4, 0.5) is 0 Å². The molecule has 1 aromatic heterocycles. The van der Waals surface area contributed by atoms with Crippen molar-refractivity contribution in [3.63, 3.8) is 0 Å². The first-order chi connectivity index (χ1) is 11.6. The molecule has 10 nitrogen and oxygen atoms in total. The number of hydrogen-bond acceptors (Lipinski definition) is 6. The Morgan fingerprint density at radius 2 is 2.00 bits per heavy atom. The fourth-order valence-electron chi connectivity index (χ4n) is 2.92. The van der Waals surface area contributed by atoms with Gasteiger partial charge in [-0.3, -0.25) is 19.0 Å². The molecule has 11 heteroatoms. The Labute approximate surface area is 143 Å². The second-order valence-corrected chi connectivity index (χ2v) is 8.16. The highest BCUT2D eigenvalue weighted by Crippen LogP contribution is 2.17. The Morgan fingerprint density at radius 3 is 2.48 bits per heavy atom. The molecule has 0 unspecified atom stereocenters. The second kappa shape index (κ2) is 6.82. The van der Waals surface area contributed by atoms with Gasteiger partial charge in [-0.1, -0.05) is 0 Å². The van der Waals surface area contributed by atoms with Gasteiger partial charge in [-0.2, -0.15) is 0 Å². The molecular weight excluding hydrogens is 352 g/mol. The van der Waals surface area contributed by atoms with Gasteiger partial charge in [0.05, 0.1) is 11.5 Å². The average Bonchev–Trinajstić information content (AvgIpc) is 2.87. The lowest BCUT2D eigenvalue weighted by molar-refractivity contribution is -0.133. The summed E-state index contributed by atoms with van der Waals surface area (Å²) in [4.78, 5) is 49.6. The maximum atomic E-state index is 12.5. The van der Waals surface area contributed by atoms with Gasteiger partial charge in [-0.25, -0.2) is 13.2 Å². The highest BCUT2D eigenvalue weighted by atomic mass is 32.2. The molecule has 2 N–H and O–H groups in total. The lowest BCUT2D eigenvalue weighted by Gasteiger charge is -2.27. The van der Waals surface area contributed by atoms with Crippen molar-refractivity contribution in [2.24, 2.45) is 12.8 Å². The first-order valence-corrected chi connectivity index (χ1v) is 9.49. The van der Waals surface area contributed by atoms with E-state index >= 15 is 0 Å². The predicted molar refractivity (Wildman–Crippen MR) is 88.9 cm³/mol. The number of rotatable bonds is 5.